The van der Waals surface area contributed by atoms with E-state index in [1.807, 2.05) is 0 Å². The van der Waals surface area contributed by atoms with Crippen LogP contribution in [0.4, 0.5) is 5.69 Å². The maximum absolute atomic E-state index is 11.9. The van der Waals surface area contributed by atoms with E-state index < -0.39 is 18.2 Å². The van der Waals surface area contributed by atoms with Crippen LogP contribution in [-0.2, 0) is 14.3 Å². The van der Waals surface area contributed by atoms with Crippen molar-refractivity contribution >= 4 is 17.6 Å². The van der Waals surface area contributed by atoms with Crippen molar-refractivity contribution in [2.45, 2.75) is 25.0 Å². The van der Waals surface area contributed by atoms with Crippen LogP contribution >= 0.6 is 0 Å². The zero-order valence-corrected chi connectivity index (χ0v) is 10.1. The lowest BCUT2D eigenvalue weighted by atomic mass is 10.1. The number of hydrogen-bond acceptors (Lipinski definition) is 3. The normalized spacial score (nSPS) is 21.6. The lowest BCUT2D eigenvalue weighted by molar-refractivity contribution is -0.150. The minimum atomic E-state index is -1.04. The molecule has 2 atom stereocenters. The van der Waals surface area contributed by atoms with E-state index in [1.165, 1.54) is 0 Å². The summed E-state index contributed by atoms with van der Waals surface area (Å²) in [5.41, 5.74) is 1.23. The number of carboxylic acids is 1. The van der Waals surface area contributed by atoms with Crippen LogP contribution in [0.25, 0.3) is 0 Å². The SMILES string of the molecule is C#Cc1cccc(NC(=O)[C@@H]2CC[C@H](C(=O)O)O2)c1. The molecule has 1 amide bonds. The van der Waals surface area contributed by atoms with Gasteiger partial charge in [0.05, 0.1) is 0 Å². The molecule has 19 heavy (non-hydrogen) atoms. The Labute approximate surface area is 110 Å². The van der Waals surface area contributed by atoms with Crippen molar-refractivity contribution in [2.75, 3.05) is 5.32 Å². The van der Waals surface area contributed by atoms with Crippen LogP contribution in [-0.4, -0.2) is 29.2 Å². The smallest absolute Gasteiger partial charge is 0.332 e. The number of terminal acetylenes is 1. The third kappa shape index (κ3) is 3.12. The summed E-state index contributed by atoms with van der Waals surface area (Å²) in [7, 11) is 0. The first-order valence-corrected chi connectivity index (χ1v) is 5.86. The number of benzene rings is 1. The van der Waals surface area contributed by atoms with E-state index in [0.717, 1.165) is 0 Å². The number of nitrogens with one attached hydrogen (secondary N) is 1. The molecule has 0 aliphatic carbocycles. The van der Waals surface area contributed by atoms with Gasteiger partial charge in [-0.05, 0) is 31.0 Å². The van der Waals surface area contributed by atoms with Crippen LogP contribution in [0.15, 0.2) is 24.3 Å². The summed E-state index contributed by atoms with van der Waals surface area (Å²) in [6.07, 6.45) is 4.39. The molecular weight excluding hydrogens is 246 g/mol. The monoisotopic (exact) mass is 259 g/mol. The molecular formula is C14H13NO4. The van der Waals surface area contributed by atoms with Gasteiger partial charge in [-0.25, -0.2) is 4.79 Å². The fourth-order valence-electron chi connectivity index (χ4n) is 1.92. The number of amides is 1. The first-order valence-electron chi connectivity index (χ1n) is 5.86. The molecule has 2 N–H and O–H groups in total. The Hall–Kier alpha value is -2.32. The van der Waals surface area contributed by atoms with E-state index in [2.05, 4.69) is 11.2 Å². The highest BCUT2D eigenvalue weighted by Crippen LogP contribution is 2.21. The molecule has 0 radical (unpaired) electrons. The van der Waals surface area contributed by atoms with Crippen molar-refractivity contribution in [3.63, 3.8) is 0 Å². The quantitative estimate of drug-likeness (QED) is 0.801. The topological polar surface area (TPSA) is 75.6 Å². The molecule has 1 aliphatic heterocycles. The summed E-state index contributed by atoms with van der Waals surface area (Å²) in [6, 6.07) is 6.87. The molecule has 1 saturated heterocycles. The van der Waals surface area contributed by atoms with Crippen molar-refractivity contribution in [1.82, 2.24) is 0 Å². The predicted octanol–water partition coefficient (Wildman–Crippen LogP) is 1.24. The van der Waals surface area contributed by atoms with Crippen LogP contribution < -0.4 is 5.32 Å². The molecule has 0 unspecified atom stereocenters. The van der Waals surface area contributed by atoms with Gasteiger partial charge in [0.15, 0.2) is 6.10 Å². The Morgan fingerprint density at radius 2 is 2.11 bits per heavy atom. The molecule has 5 nitrogen and oxygen atoms in total. The number of hydrogen-bond donors (Lipinski definition) is 2. The Balaban J connectivity index is 1.98. The maximum Gasteiger partial charge on any atom is 0.332 e. The van der Waals surface area contributed by atoms with Gasteiger partial charge in [-0.15, -0.1) is 6.42 Å². The second-order valence-electron chi connectivity index (χ2n) is 4.24. The summed E-state index contributed by atoms with van der Waals surface area (Å²) in [6.45, 7) is 0. The second-order valence-corrected chi connectivity index (χ2v) is 4.24. The first-order chi connectivity index (χ1) is 9.10. The van der Waals surface area contributed by atoms with Gasteiger partial charge >= 0.3 is 5.97 Å². The molecule has 0 bridgehead atoms. The standard InChI is InChI=1S/C14H13NO4/c1-2-9-4-3-5-10(8-9)15-13(16)11-6-7-12(19-11)14(17)18/h1,3-5,8,11-12H,6-7H2,(H,15,16)(H,17,18)/t11-,12+/m0/s1. The van der Waals surface area contributed by atoms with Crippen LogP contribution in [0.1, 0.15) is 18.4 Å². The number of ether oxygens (including phenoxy) is 1. The summed E-state index contributed by atoms with van der Waals surface area (Å²) in [4.78, 5) is 22.6. The highest BCUT2D eigenvalue weighted by Gasteiger charge is 2.34. The van der Waals surface area contributed by atoms with Gasteiger partial charge in [0.2, 0.25) is 0 Å². The number of carboxylic acid groups (broad SMARTS) is 1. The Morgan fingerprint density at radius 3 is 2.74 bits per heavy atom. The van der Waals surface area contributed by atoms with Crippen molar-refractivity contribution in [1.29, 1.82) is 0 Å². The van der Waals surface area contributed by atoms with E-state index in [1.54, 1.807) is 24.3 Å². The van der Waals surface area contributed by atoms with Crippen molar-refractivity contribution in [2.24, 2.45) is 0 Å². The van der Waals surface area contributed by atoms with Gasteiger partial charge < -0.3 is 15.2 Å². The van der Waals surface area contributed by atoms with E-state index in [0.29, 0.717) is 24.1 Å². The molecule has 0 spiro atoms. The minimum absolute atomic E-state index is 0.345. The van der Waals surface area contributed by atoms with Gasteiger partial charge in [0, 0.05) is 11.3 Å². The number of carbonyl (C=O) groups excluding carboxylic acids is 1. The summed E-state index contributed by atoms with van der Waals surface area (Å²) in [5.74, 6) is 1.09. The van der Waals surface area contributed by atoms with Gasteiger partial charge in [-0.1, -0.05) is 12.0 Å². The first kappa shape index (κ1) is 13.1. The third-order valence-electron chi connectivity index (χ3n) is 2.88. The molecule has 0 aromatic heterocycles. The summed E-state index contributed by atoms with van der Waals surface area (Å²) < 4.78 is 5.16. The van der Waals surface area contributed by atoms with Crippen molar-refractivity contribution in [3.05, 3.63) is 29.8 Å². The summed E-state index contributed by atoms with van der Waals surface area (Å²) >= 11 is 0. The van der Waals surface area contributed by atoms with E-state index in [9.17, 15) is 9.59 Å². The van der Waals surface area contributed by atoms with Crippen molar-refractivity contribution < 1.29 is 19.4 Å². The molecule has 1 fully saturated rings. The molecule has 1 aliphatic rings. The Morgan fingerprint density at radius 1 is 1.37 bits per heavy atom. The van der Waals surface area contributed by atoms with Crippen LogP contribution in [0.5, 0.6) is 0 Å². The molecule has 5 heteroatoms. The van der Waals surface area contributed by atoms with Gasteiger partial charge in [0.25, 0.3) is 5.91 Å². The van der Waals surface area contributed by atoms with E-state index >= 15 is 0 Å². The number of aliphatic carboxylic acids is 1. The third-order valence-corrected chi connectivity index (χ3v) is 2.88. The number of rotatable bonds is 3. The molecule has 1 aromatic carbocycles. The van der Waals surface area contributed by atoms with Gasteiger partial charge in [-0.3, -0.25) is 4.79 Å². The Kier molecular flexibility index (Phi) is 3.83. The molecule has 1 aromatic rings. The van der Waals surface area contributed by atoms with E-state index in [-0.39, 0.29) is 5.91 Å². The lowest BCUT2D eigenvalue weighted by Gasteiger charge is -2.11. The predicted molar refractivity (Wildman–Crippen MR) is 68.5 cm³/mol. The fourth-order valence-corrected chi connectivity index (χ4v) is 1.92. The highest BCUT2D eigenvalue weighted by atomic mass is 16.5. The Bertz CT molecular complexity index is 547. The van der Waals surface area contributed by atoms with Crippen LogP contribution in [0.2, 0.25) is 0 Å². The van der Waals surface area contributed by atoms with Crippen LogP contribution in [0, 0.1) is 12.3 Å². The maximum atomic E-state index is 11.9. The molecule has 2 rings (SSSR count). The van der Waals surface area contributed by atoms with Gasteiger partial charge in [0.1, 0.15) is 6.10 Å². The largest absolute Gasteiger partial charge is 0.479 e. The van der Waals surface area contributed by atoms with Gasteiger partial charge in [-0.2, -0.15) is 0 Å². The minimum Gasteiger partial charge on any atom is -0.479 e. The lowest BCUT2D eigenvalue weighted by Crippen LogP contribution is -2.29. The van der Waals surface area contributed by atoms with E-state index in [4.69, 9.17) is 16.3 Å². The fraction of sp³-hybridized carbons (Fsp3) is 0.286. The molecule has 1 heterocycles. The second kappa shape index (κ2) is 5.55. The zero-order chi connectivity index (χ0) is 13.8. The molecule has 0 saturated carbocycles. The highest BCUT2D eigenvalue weighted by molar-refractivity contribution is 5.94. The molecule has 98 valence electrons. The van der Waals surface area contributed by atoms with Crippen LogP contribution in [0.3, 0.4) is 0 Å². The summed E-state index contributed by atoms with van der Waals surface area (Å²) in [5, 5.41) is 11.5. The number of carbonyl (C=O) groups is 2. The van der Waals surface area contributed by atoms with Crippen molar-refractivity contribution in [3.8, 4) is 12.3 Å². The number of anilines is 1. The average molecular weight is 259 g/mol. The average Bonchev–Trinajstić information content (AvgIpc) is 2.89. The zero-order valence-electron chi connectivity index (χ0n) is 10.1.